The number of aliphatic hydroxyl groups excluding tert-OH is 1. The Bertz CT molecular complexity index is 681. The van der Waals surface area contributed by atoms with E-state index in [1.54, 1.807) is 0 Å². The highest BCUT2D eigenvalue weighted by molar-refractivity contribution is 7.86. The van der Waals surface area contributed by atoms with Crippen LogP contribution in [0.2, 0.25) is 5.82 Å². The zero-order valence-electron chi connectivity index (χ0n) is 14.2. The first-order valence-corrected chi connectivity index (χ1v) is 11.3. The molecule has 2 rings (SSSR count). The van der Waals surface area contributed by atoms with Gasteiger partial charge in [0.1, 0.15) is 6.10 Å². The highest BCUT2D eigenvalue weighted by Gasteiger charge is 2.52. The second-order valence-electron chi connectivity index (χ2n) is 6.64. The zero-order valence-corrected chi connectivity index (χ0v) is 15.8. The largest absolute Gasteiger partial charge is 0.377 e. The molecule has 1 saturated carbocycles. The maximum Gasteiger partial charge on any atom is 0.267 e. The normalized spacial score (nSPS) is 38.2. The fraction of sp³-hybridized carbons (Fsp3) is 1.00. The van der Waals surface area contributed by atoms with Crippen LogP contribution in [0.4, 0.5) is 0 Å². The Labute approximate surface area is 154 Å². The van der Waals surface area contributed by atoms with Crippen molar-refractivity contribution in [3.8, 4) is 0 Å². The van der Waals surface area contributed by atoms with Crippen molar-refractivity contribution in [1.29, 1.82) is 0 Å². The van der Waals surface area contributed by atoms with Crippen molar-refractivity contribution in [3.63, 3.8) is 0 Å². The number of ether oxygens (including phenoxy) is 3. The van der Waals surface area contributed by atoms with Gasteiger partial charge in [-0.2, -0.15) is 16.8 Å². The molecule has 10 nitrogen and oxygen atoms in total. The van der Waals surface area contributed by atoms with Crippen molar-refractivity contribution in [1.82, 2.24) is 0 Å². The van der Waals surface area contributed by atoms with Gasteiger partial charge in [-0.1, -0.05) is 6.92 Å². The number of hydrogen-bond donors (Lipinski definition) is 3. The van der Waals surface area contributed by atoms with Crippen molar-refractivity contribution in [3.05, 3.63) is 0 Å². The molecule has 1 aliphatic carbocycles. The van der Waals surface area contributed by atoms with E-state index >= 15 is 0 Å². The summed E-state index contributed by atoms with van der Waals surface area (Å²) in [6.07, 6.45) is -2.24. The molecule has 7 atom stereocenters. The number of aliphatic hydroxyl groups is 1. The third-order valence-electron chi connectivity index (χ3n) is 4.75. The molecule has 0 aromatic carbocycles. The number of rotatable bonds is 9. The minimum atomic E-state index is -4.19. The Hall–Kier alpha value is -0.275. The molecule has 2 aliphatic rings. The van der Waals surface area contributed by atoms with E-state index in [0.717, 1.165) is 0 Å². The summed E-state index contributed by atoms with van der Waals surface area (Å²) >= 11 is 0. The lowest BCUT2D eigenvalue weighted by atomic mass is 9.62. The van der Waals surface area contributed by atoms with Crippen molar-refractivity contribution in [2.45, 2.75) is 43.8 Å². The van der Waals surface area contributed by atoms with E-state index in [1.165, 1.54) is 0 Å². The molecule has 1 heterocycles. The standard InChI is InChI=1S/C13H23BO10S2/c1-7-8(12-13(15)24-12)6-9(22-2-4-25(16,17)18)10(14)11(7)23-3-5-26(19,20)21/h7-13,15H,2-6H2,1H3,(H,16,17,18)(H,19,20,21). The summed E-state index contributed by atoms with van der Waals surface area (Å²) < 4.78 is 77.1. The van der Waals surface area contributed by atoms with Crippen LogP contribution in [0, 0.1) is 11.8 Å². The van der Waals surface area contributed by atoms with Gasteiger partial charge in [0.15, 0.2) is 6.29 Å². The third kappa shape index (κ3) is 6.41. The summed E-state index contributed by atoms with van der Waals surface area (Å²) in [7, 11) is -2.21. The molecule has 0 amide bonds. The van der Waals surface area contributed by atoms with Gasteiger partial charge in [0.05, 0.1) is 44.8 Å². The van der Waals surface area contributed by atoms with E-state index in [9.17, 15) is 21.9 Å². The molecule has 26 heavy (non-hydrogen) atoms. The average Bonchev–Trinajstić information content (AvgIpc) is 3.19. The van der Waals surface area contributed by atoms with Crippen LogP contribution in [0.15, 0.2) is 0 Å². The first-order valence-electron chi connectivity index (χ1n) is 8.11. The van der Waals surface area contributed by atoms with Crippen molar-refractivity contribution < 1.29 is 45.3 Å². The van der Waals surface area contributed by atoms with Crippen LogP contribution in [0.5, 0.6) is 0 Å². The molecular formula is C13H23BO10S2. The van der Waals surface area contributed by atoms with Crippen molar-refractivity contribution >= 4 is 28.1 Å². The Balaban J connectivity index is 2.03. The van der Waals surface area contributed by atoms with Crippen LogP contribution in [0.3, 0.4) is 0 Å². The predicted octanol–water partition coefficient (Wildman–Crippen LogP) is -1.14. The first kappa shape index (κ1) is 22.0. The van der Waals surface area contributed by atoms with E-state index < -0.39 is 62.2 Å². The fourth-order valence-corrected chi connectivity index (χ4v) is 3.96. The molecule has 0 aromatic rings. The minimum absolute atomic E-state index is 0.198. The summed E-state index contributed by atoms with van der Waals surface area (Å²) in [6, 6.07) is 0. The van der Waals surface area contributed by atoms with Crippen molar-refractivity contribution in [2.75, 3.05) is 24.7 Å². The molecule has 0 spiro atoms. The van der Waals surface area contributed by atoms with E-state index in [2.05, 4.69) is 0 Å². The molecular weight excluding hydrogens is 391 g/mol. The monoisotopic (exact) mass is 414 g/mol. The average molecular weight is 414 g/mol. The SMILES string of the molecule is [B]C1C(OCCS(=O)(=O)O)CC(C2OC2O)C(C)C1OCCS(=O)(=O)O. The highest BCUT2D eigenvalue weighted by atomic mass is 32.2. The molecule has 1 aliphatic heterocycles. The summed E-state index contributed by atoms with van der Waals surface area (Å²) in [5.74, 6) is -2.27. The van der Waals surface area contributed by atoms with Crippen molar-refractivity contribution in [2.24, 2.45) is 11.8 Å². The van der Waals surface area contributed by atoms with E-state index in [0.29, 0.717) is 6.42 Å². The van der Waals surface area contributed by atoms with Crippen LogP contribution in [0.25, 0.3) is 0 Å². The van der Waals surface area contributed by atoms with E-state index in [4.69, 9.17) is 31.2 Å². The van der Waals surface area contributed by atoms with Gasteiger partial charge in [-0.05, 0) is 24.1 Å². The lowest BCUT2D eigenvalue weighted by molar-refractivity contribution is -0.0867. The summed E-state index contributed by atoms with van der Waals surface area (Å²) in [5, 5.41) is 9.54. The topological polar surface area (TPSA) is 160 Å². The molecule has 150 valence electrons. The molecule has 1 saturated heterocycles. The molecule has 2 fully saturated rings. The van der Waals surface area contributed by atoms with Crippen LogP contribution in [-0.4, -0.2) is 88.2 Å². The Morgan fingerprint density at radius 3 is 2.04 bits per heavy atom. The Morgan fingerprint density at radius 2 is 1.58 bits per heavy atom. The van der Waals surface area contributed by atoms with Gasteiger partial charge in [0.25, 0.3) is 20.2 Å². The van der Waals surface area contributed by atoms with Gasteiger partial charge >= 0.3 is 0 Å². The maximum absolute atomic E-state index is 10.8. The van der Waals surface area contributed by atoms with Gasteiger partial charge in [-0.3, -0.25) is 9.11 Å². The van der Waals surface area contributed by atoms with Gasteiger partial charge in [-0.25, -0.2) is 0 Å². The van der Waals surface area contributed by atoms with E-state index in [1.807, 2.05) is 6.92 Å². The first-order chi connectivity index (χ1) is 11.9. The van der Waals surface area contributed by atoms with Gasteiger partial charge in [0.2, 0.25) is 0 Å². The molecule has 2 radical (unpaired) electrons. The maximum atomic E-state index is 10.8. The lowest BCUT2D eigenvalue weighted by Crippen LogP contribution is -2.47. The Morgan fingerprint density at radius 1 is 1.08 bits per heavy atom. The van der Waals surface area contributed by atoms with Gasteiger partial charge < -0.3 is 19.3 Å². The summed E-state index contributed by atoms with van der Waals surface area (Å²) in [4.78, 5) is 0. The van der Waals surface area contributed by atoms with Crippen LogP contribution >= 0.6 is 0 Å². The van der Waals surface area contributed by atoms with Crippen LogP contribution < -0.4 is 0 Å². The summed E-state index contributed by atoms with van der Waals surface area (Å²) in [5.41, 5.74) is 0. The zero-order chi connectivity index (χ0) is 19.7. The smallest absolute Gasteiger partial charge is 0.267 e. The van der Waals surface area contributed by atoms with Crippen LogP contribution in [-0.2, 0) is 34.4 Å². The second kappa shape index (κ2) is 8.39. The number of epoxide rings is 1. The summed E-state index contributed by atoms with van der Waals surface area (Å²) in [6.45, 7) is 1.27. The second-order valence-corrected chi connectivity index (χ2v) is 9.79. The molecule has 7 unspecified atom stereocenters. The quantitative estimate of drug-likeness (QED) is 0.239. The Kier molecular flexibility index (Phi) is 7.11. The molecule has 0 aromatic heterocycles. The molecule has 13 heteroatoms. The number of hydrogen-bond acceptors (Lipinski definition) is 8. The van der Waals surface area contributed by atoms with Gasteiger partial charge in [0, 0.05) is 0 Å². The third-order valence-corrected chi connectivity index (χ3v) is 6.12. The van der Waals surface area contributed by atoms with E-state index in [-0.39, 0.29) is 25.0 Å². The minimum Gasteiger partial charge on any atom is -0.377 e. The molecule has 3 N–H and O–H groups in total. The molecule has 0 bridgehead atoms. The predicted molar refractivity (Wildman–Crippen MR) is 90.0 cm³/mol. The van der Waals surface area contributed by atoms with Crippen LogP contribution in [0.1, 0.15) is 13.3 Å². The lowest BCUT2D eigenvalue weighted by Gasteiger charge is -2.44. The van der Waals surface area contributed by atoms with Gasteiger partial charge in [-0.15, -0.1) is 0 Å². The fourth-order valence-electron chi connectivity index (χ4n) is 3.34. The highest BCUT2D eigenvalue weighted by Crippen LogP contribution is 2.46.